The highest BCUT2D eigenvalue weighted by Crippen LogP contribution is 2.26. The van der Waals surface area contributed by atoms with Crippen molar-refractivity contribution < 1.29 is 9.94 Å². The summed E-state index contributed by atoms with van der Waals surface area (Å²) < 4.78 is 5.11. The fourth-order valence-electron chi connectivity index (χ4n) is 1.68. The highest BCUT2D eigenvalue weighted by atomic mass is 16.5. The lowest BCUT2D eigenvalue weighted by molar-refractivity contribution is 0.318. The van der Waals surface area contributed by atoms with E-state index in [1.165, 1.54) is 5.56 Å². The second-order valence-electron chi connectivity index (χ2n) is 3.07. The Bertz CT molecular complexity index is 358. The summed E-state index contributed by atoms with van der Waals surface area (Å²) in [6, 6.07) is 5.82. The first-order valence-corrected chi connectivity index (χ1v) is 4.23. The van der Waals surface area contributed by atoms with Crippen molar-refractivity contribution in [1.29, 1.82) is 0 Å². The van der Waals surface area contributed by atoms with E-state index in [4.69, 9.17) is 9.94 Å². The number of hydrogen-bond donors (Lipinski definition) is 1. The number of rotatable bonds is 1. The molecule has 0 aliphatic heterocycles. The van der Waals surface area contributed by atoms with Crippen molar-refractivity contribution in [3.05, 3.63) is 29.3 Å². The van der Waals surface area contributed by atoms with Crippen LogP contribution in [0.15, 0.2) is 23.4 Å². The molecule has 1 N–H and O–H groups in total. The third-order valence-electron chi connectivity index (χ3n) is 2.38. The van der Waals surface area contributed by atoms with E-state index in [1.807, 2.05) is 18.2 Å². The fourth-order valence-corrected chi connectivity index (χ4v) is 1.68. The van der Waals surface area contributed by atoms with E-state index in [0.29, 0.717) is 0 Å². The third kappa shape index (κ3) is 1.26. The molecule has 0 bridgehead atoms. The molecule has 3 nitrogen and oxygen atoms in total. The lowest BCUT2D eigenvalue weighted by Gasteiger charge is -2.02. The molecule has 0 saturated heterocycles. The maximum absolute atomic E-state index is 8.70. The molecule has 68 valence electrons. The molecule has 0 unspecified atom stereocenters. The highest BCUT2D eigenvalue weighted by molar-refractivity contribution is 6.04. The van der Waals surface area contributed by atoms with Crippen molar-refractivity contribution in [2.24, 2.45) is 5.16 Å². The van der Waals surface area contributed by atoms with Crippen molar-refractivity contribution in [3.8, 4) is 5.75 Å². The molecule has 3 heteroatoms. The molecule has 0 spiro atoms. The molecule has 0 amide bonds. The van der Waals surface area contributed by atoms with Crippen LogP contribution in [-0.4, -0.2) is 18.0 Å². The van der Waals surface area contributed by atoms with Crippen molar-refractivity contribution in [3.63, 3.8) is 0 Å². The van der Waals surface area contributed by atoms with Gasteiger partial charge in [0.25, 0.3) is 0 Å². The molecule has 0 fully saturated rings. The normalized spacial score (nSPS) is 17.5. The smallest absolute Gasteiger partial charge is 0.119 e. The quantitative estimate of drug-likeness (QED) is 0.525. The number of methoxy groups -OCH3 is 1. The van der Waals surface area contributed by atoms with Gasteiger partial charge in [0, 0.05) is 5.56 Å². The molecule has 13 heavy (non-hydrogen) atoms. The highest BCUT2D eigenvalue weighted by Gasteiger charge is 2.18. The van der Waals surface area contributed by atoms with Gasteiger partial charge in [0.05, 0.1) is 12.8 Å². The van der Waals surface area contributed by atoms with Gasteiger partial charge in [-0.3, -0.25) is 0 Å². The Morgan fingerprint density at radius 2 is 2.23 bits per heavy atom. The van der Waals surface area contributed by atoms with E-state index in [-0.39, 0.29) is 0 Å². The Morgan fingerprint density at radius 1 is 1.38 bits per heavy atom. The van der Waals surface area contributed by atoms with Crippen LogP contribution in [0.1, 0.15) is 17.5 Å². The van der Waals surface area contributed by atoms with Crippen LogP contribution in [0.25, 0.3) is 0 Å². The van der Waals surface area contributed by atoms with Crippen LogP contribution in [0.3, 0.4) is 0 Å². The first kappa shape index (κ1) is 8.10. The van der Waals surface area contributed by atoms with Gasteiger partial charge in [-0.2, -0.15) is 0 Å². The van der Waals surface area contributed by atoms with Gasteiger partial charge in [-0.15, -0.1) is 0 Å². The molecule has 0 saturated carbocycles. The molecule has 1 aliphatic carbocycles. The van der Waals surface area contributed by atoms with Crippen molar-refractivity contribution in [2.75, 3.05) is 7.11 Å². The molecule has 2 rings (SSSR count). The number of benzene rings is 1. The van der Waals surface area contributed by atoms with E-state index in [0.717, 1.165) is 29.9 Å². The minimum Gasteiger partial charge on any atom is -0.497 e. The molecular weight excluding hydrogens is 166 g/mol. The predicted molar refractivity (Wildman–Crippen MR) is 49.6 cm³/mol. The maximum Gasteiger partial charge on any atom is 0.119 e. The Kier molecular flexibility index (Phi) is 1.93. The summed E-state index contributed by atoms with van der Waals surface area (Å²) in [6.45, 7) is 0. The average molecular weight is 177 g/mol. The fraction of sp³-hybridized carbons (Fsp3) is 0.300. The van der Waals surface area contributed by atoms with Gasteiger partial charge in [-0.25, -0.2) is 0 Å². The Labute approximate surface area is 76.6 Å². The third-order valence-corrected chi connectivity index (χ3v) is 2.38. The van der Waals surface area contributed by atoms with E-state index in [9.17, 15) is 0 Å². The van der Waals surface area contributed by atoms with Gasteiger partial charge in [-0.05, 0) is 36.6 Å². The molecule has 0 radical (unpaired) electrons. The van der Waals surface area contributed by atoms with Crippen LogP contribution >= 0.6 is 0 Å². The summed E-state index contributed by atoms with van der Waals surface area (Å²) in [5, 5.41) is 12.0. The Balaban J connectivity index is 2.46. The van der Waals surface area contributed by atoms with E-state index in [2.05, 4.69) is 5.16 Å². The molecule has 1 aromatic rings. The zero-order chi connectivity index (χ0) is 9.26. The second kappa shape index (κ2) is 3.09. The van der Waals surface area contributed by atoms with Crippen LogP contribution < -0.4 is 4.74 Å². The molecular formula is C10H11NO2. The van der Waals surface area contributed by atoms with Gasteiger partial charge in [0.2, 0.25) is 0 Å². The number of aryl methyl sites for hydroxylation is 1. The minimum absolute atomic E-state index is 0.776. The van der Waals surface area contributed by atoms with Crippen molar-refractivity contribution in [2.45, 2.75) is 12.8 Å². The van der Waals surface area contributed by atoms with Crippen LogP contribution in [0.5, 0.6) is 5.75 Å². The molecule has 1 aromatic carbocycles. The summed E-state index contributed by atoms with van der Waals surface area (Å²) in [6.07, 6.45) is 1.75. The van der Waals surface area contributed by atoms with Gasteiger partial charge < -0.3 is 9.94 Å². The Hall–Kier alpha value is -1.51. The lowest BCUT2D eigenvalue weighted by Crippen LogP contribution is -1.93. The monoisotopic (exact) mass is 177 g/mol. The number of ether oxygens (including phenoxy) is 1. The maximum atomic E-state index is 8.70. The minimum atomic E-state index is 0.776. The van der Waals surface area contributed by atoms with E-state index < -0.39 is 0 Å². The first-order chi connectivity index (χ1) is 6.35. The van der Waals surface area contributed by atoms with Gasteiger partial charge in [0.15, 0.2) is 0 Å². The largest absolute Gasteiger partial charge is 0.497 e. The number of nitrogens with zero attached hydrogens (tertiary/aromatic N) is 1. The van der Waals surface area contributed by atoms with Gasteiger partial charge >= 0.3 is 0 Å². The van der Waals surface area contributed by atoms with Crippen molar-refractivity contribution >= 4 is 5.71 Å². The first-order valence-electron chi connectivity index (χ1n) is 4.23. The molecule has 0 aromatic heterocycles. The van der Waals surface area contributed by atoms with E-state index >= 15 is 0 Å². The summed E-state index contributed by atoms with van der Waals surface area (Å²) in [4.78, 5) is 0. The summed E-state index contributed by atoms with van der Waals surface area (Å²) in [5.74, 6) is 0.859. The Morgan fingerprint density at radius 3 is 2.92 bits per heavy atom. The standard InChI is InChI=1S/C10H11NO2/c1-13-8-3-4-9-7(6-8)2-5-10(9)11-12/h3-4,6,12H,2,5H2,1H3. The zero-order valence-corrected chi connectivity index (χ0v) is 7.45. The number of oxime groups is 1. The second-order valence-corrected chi connectivity index (χ2v) is 3.07. The molecule has 0 atom stereocenters. The van der Waals surface area contributed by atoms with E-state index in [1.54, 1.807) is 7.11 Å². The van der Waals surface area contributed by atoms with Crippen LogP contribution in [-0.2, 0) is 6.42 Å². The molecule has 0 heterocycles. The zero-order valence-electron chi connectivity index (χ0n) is 7.45. The molecule has 1 aliphatic rings. The van der Waals surface area contributed by atoms with Crippen LogP contribution in [0.4, 0.5) is 0 Å². The summed E-state index contributed by atoms with van der Waals surface area (Å²) >= 11 is 0. The number of hydrogen-bond acceptors (Lipinski definition) is 3. The van der Waals surface area contributed by atoms with Crippen molar-refractivity contribution in [1.82, 2.24) is 0 Å². The lowest BCUT2D eigenvalue weighted by atomic mass is 10.1. The predicted octanol–water partition coefficient (Wildman–Crippen LogP) is 1.82. The van der Waals surface area contributed by atoms with Gasteiger partial charge in [-0.1, -0.05) is 5.16 Å². The topological polar surface area (TPSA) is 41.8 Å². The summed E-state index contributed by atoms with van der Waals surface area (Å²) in [7, 11) is 1.65. The van der Waals surface area contributed by atoms with Crippen LogP contribution in [0.2, 0.25) is 0 Å². The van der Waals surface area contributed by atoms with Gasteiger partial charge in [0.1, 0.15) is 5.75 Å². The average Bonchev–Trinajstić information content (AvgIpc) is 2.59. The SMILES string of the molecule is COc1ccc2c(c1)CCC2=NO. The number of fused-ring (bicyclic) bond motifs is 1. The van der Waals surface area contributed by atoms with Crippen LogP contribution in [0, 0.1) is 0 Å². The summed E-state index contributed by atoms with van der Waals surface area (Å²) in [5.41, 5.74) is 3.02.